The van der Waals surface area contributed by atoms with Crippen molar-refractivity contribution in [3.05, 3.63) is 17.3 Å². The fraction of sp³-hybridized carbons (Fsp3) is 0.667. The molecule has 0 spiro atoms. The number of rotatable bonds is 4. The van der Waals surface area contributed by atoms with Crippen molar-refractivity contribution in [2.75, 3.05) is 13.1 Å². The van der Waals surface area contributed by atoms with Gasteiger partial charge >= 0.3 is 0 Å². The molecule has 3 atom stereocenters. The van der Waals surface area contributed by atoms with E-state index in [0.29, 0.717) is 17.1 Å². The van der Waals surface area contributed by atoms with Gasteiger partial charge in [-0.05, 0) is 19.4 Å². The zero-order valence-electron chi connectivity index (χ0n) is 10.7. The zero-order chi connectivity index (χ0) is 13.1. The van der Waals surface area contributed by atoms with Gasteiger partial charge in [-0.1, -0.05) is 18.5 Å². The van der Waals surface area contributed by atoms with E-state index in [2.05, 4.69) is 28.9 Å². The van der Waals surface area contributed by atoms with E-state index in [0.717, 1.165) is 19.5 Å². The molecule has 1 aliphatic rings. The fourth-order valence-corrected chi connectivity index (χ4v) is 2.19. The molecular weight excluding hydrogens is 252 g/mol. The first-order chi connectivity index (χ1) is 8.60. The maximum atomic E-state index is 6.10. The van der Waals surface area contributed by atoms with Gasteiger partial charge in [-0.3, -0.25) is 4.90 Å². The normalized spacial score (nSPS) is 26.2. The van der Waals surface area contributed by atoms with Crippen molar-refractivity contribution in [1.29, 1.82) is 0 Å². The number of hydrogen-bond acceptors (Lipinski definition) is 5. The van der Waals surface area contributed by atoms with Gasteiger partial charge < -0.3 is 10.5 Å². The van der Waals surface area contributed by atoms with Crippen LogP contribution in [0, 0.1) is 0 Å². The lowest BCUT2D eigenvalue weighted by atomic mass is 10.2. The Morgan fingerprint density at radius 2 is 2.28 bits per heavy atom. The topological polar surface area (TPSA) is 64.3 Å². The summed E-state index contributed by atoms with van der Waals surface area (Å²) in [6.45, 7) is 6.08. The highest BCUT2D eigenvalue weighted by molar-refractivity contribution is 6.29. The molecule has 0 saturated carbocycles. The summed E-state index contributed by atoms with van der Waals surface area (Å²) in [5.74, 6) is 0.478. The van der Waals surface area contributed by atoms with Crippen LogP contribution < -0.4 is 10.5 Å². The first-order valence-corrected chi connectivity index (χ1v) is 6.63. The van der Waals surface area contributed by atoms with Gasteiger partial charge in [0.15, 0.2) is 5.15 Å². The van der Waals surface area contributed by atoms with Crippen molar-refractivity contribution < 1.29 is 4.74 Å². The first kappa shape index (κ1) is 13.5. The maximum Gasteiger partial charge on any atom is 0.233 e. The summed E-state index contributed by atoms with van der Waals surface area (Å²) in [7, 11) is 0. The lowest BCUT2D eigenvalue weighted by Gasteiger charge is -2.22. The number of likely N-dealkylation sites (tertiary alicyclic amines) is 1. The van der Waals surface area contributed by atoms with Crippen molar-refractivity contribution >= 4 is 11.6 Å². The molecule has 100 valence electrons. The van der Waals surface area contributed by atoms with E-state index in [4.69, 9.17) is 22.1 Å². The summed E-state index contributed by atoms with van der Waals surface area (Å²) in [5, 5.41) is 8.00. The molecule has 1 aromatic heterocycles. The van der Waals surface area contributed by atoms with E-state index in [1.54, 1.807) is 12.1 Å². The molecule has 6 heteroatoms. The Hall–Kier alpha value is -0.910. The van der Waals surface area contributed by atoms with Crippen LogP contribution in [-0.2, 0) is 0 Å². The number of ether oxygens (including phenoxy) is 1. The molecule has 2 heterocycles. The quantitative estimate of drug-likeness (QED) is 0.894. The Morgan fingerprint density at radius 3 is 2.89 bits per heavy atom. The third-order valence-corrected chi connectivity index (χ3v) is 3.63. The minimum Gasteiger partial charge on any atom is -0.470 e. The largest absolute Gasteiger partial charge is 0.470 e. The Labute approximate surface area is 112 Å². The Kier molecular flexibility index (Phi) is 4.37. The number of hydrogen-bond donors (Lipinski definition) is 1. The van der Waals surface area contributed by atoms with Gasteiger partial charge in [0.05, 0.1) is 6.04 Å². The molecule has 3 unspecified atom stereocenters. The molecule has 2 N–H and O–H groups in total. The van der Waals surface area contributed by atoms with Crippen LogP contribution in [0.4, 0.5) is 0 Å². The van der Waals surface area contributed by atoms with Gasteiger partial charge in [0, 0.05) is 25.2 Å². The van der Waals surface area contributed by atoms with Crippen molar-refractivity contribution in [1.82, 2.24) is 15.1 Å². The van der Waals surface area contributed by atoms with Gasteiger partial charge in [-0.15, -0.1) is 10.2 Å². The monoisotopic (exact) mass is 270 g/mol. The molecule has 0 amide bonds. The van der Waals surface area contributed by atoms with E-state index in [-0.39, 0.29) is 12.1 Å². The molecule has 1 saturated heterocycles. The summed E-state index contributed by atoms with van der Waals surface area (Å²) in [6.07, 6.45) is 1.08. The molecule has 2 rings (SSSR count). The molecule has 5 nitrogen and oxygen atoms in total. The van der Waals surface area contributed by atoms with Gasteiger partial charge in [0.1, 0.15) is 6.10 Å². The van der Waals surface area contributed by atoms with Crippen LogP contribution in [0.1, 0.15) is 20.3 Å². The predicted octanol–water partition coefficient (Wildman–Crippen LogP) is 1.32. The molecule has 0 radical (unpaired) electrons. The van der Waals surface area contributed by atoms with Crippen LogP contribution in [0.25, 0.3) is 0 Å². The van der Waals surface area contributed by atoms with Gasteiger partial charge in [0.25, 0.3) is 0 Å². The van der Waals surface area contributed by atoms with Crippen LogP contribution in [0.3, 0.4) is 0 Å². The molecule has 0 aromatic carbocycles. The summed E-state index contributed by atoms with van der Waals surface area (Å²) in [4.78, 5) is 2.35. The lowest BCUT2D eigenvalue weighted by Crippen LogP contribution is -2.37. The standard InChI is InChI=1S/C12H19ClN4O/c1-3-8(2)17-6-9(14)10(7-17)18-12-5-4-11(13)15-16-12/h4-5,8-10H,3,6-7,14H2,1-2H3. The smallest absolute Gasteiger partial charge is 0.233 e. The van der Waals surface area contributed by atoms with Crippen molar-refractivity contribution in [3.63, 3.8) is 0 Å². The third kappa shape index (κ3) is 3.10. The van der Waals surface area contributed by atoms with Crippen LogP contribution in [0.15, 0.2) is 12.1 Å². The third-order valence-electron chi connectivity index (χ3n) is 3.43. The molecule has 18 heavy (non-hydrogen) atoms. The summed E-state index contributed by atoms with van der Waals surface area (Å²) >= 11 is 5.68. The van der Waals surface area contributed by atoms with E-state index in [1.807, 2.05) is 0 Å². The van der Waals surface area contributed by atoms with Crippen LogP contribution in [0.2, 0.25) is 5.15 Å². The van der Waals surface area contributed by atoms with Crippen LogP contribution in [-0.4, -0.2) is 46.4 Å². The molecule has 1 fully saturated rings. The second kappa shape index (κ2) is 5.82. The summed E-state index contributed by atoms with van der Waals surface area (Å²) in [6, 6.07) is 3.92. The zero-order valence-corrected chi connectivity index (χ0v) is 11.5. The second-order valence-corrected chi connectivity index (χ2v) is 5.11. The van der Waals surface area contributed by atoms with Crippen LogP contribution in [0.5, 0.6) is 5.88 Å². The minimum absolute atomic E-state index is 0.0106. The Morgan fingerprint density at radius 1 is 1.50 bits per heavy atom. The highest BCUT2D eigenvalue weighted by Gasteiger charge is 2.33. The fourth-order valence-electron chi connectivity index (χ4n) is 2.09. The Bertz CT molecular complexity index is 386. The molecule has 0 aliphatic carbocycles. The van der Waals surface area contributed by atoms with Gasteiger partial charge in [-0.25, -0.2) is 0 Å². The molecule has 0 bridgehead atoms. The highest BCUT2D eigenvalue weighted by atomic mass is 35.5. The second-order valence-electron chi connectivity index (χ2n) is 4.73. The first-order valence-electron chi connectivity index (χ1n) is 6.25. The number of halogens is 1. The molecule has 1 aliphatic heterocycles. The highest BCUT2D eigenvalue weighted by Crippen LogP contribution is 2.19. The van der Waals surface area contributed by atoms with Gasteiger partial charge in [0.2, 0.25) is 5.88 Å². The van der Waals surface area contributed by atoms with E-state index >= 15 is 0 Å². The number of nitrogens with zero attached hydrogens (tertiary/aromatic N) is 3. The van der Waals surface area contributed by atoms with Crippen molar-refractivity contribution in [3.8, 4) is 5.88 Å². The molecular formula is C12H19ClN4O. The summed E-state index contributed by atoms with van der Waals surface area (Å²) in [5.41, 5.74) is 6.10. The summed E-state index contributed by atoms with van der Waals surface area (Å²) < 4.78 is 5.77. The minimum atomic E-state index is -0.0329. The van der Waals surface area contributed by atoms with Crippen molar-refractivity contribution in [2.24, 2.45) is 5.73 Å². The van der Waals surface area contributed by atoms with Crippen molar-refractivity contribution in [2.45, 2.75) is 38.5 Å². The van der Waals surface area contributed by atoms with Gasteiger partial charge in [-0.2, -0.15) is 0 Å². The predicted molar refractivity (Wildman–Crippen MR) is 70.8 cm³/mol. The number of nitrogens with two attached hydrogens (primary N) is 1. The van der Waals surface area contributed by atoms with E-state index in [1.165, 1.54) is 0 Å². The van der Waals surface area contributed by atoms with E-state index < -0.39 is 0 Å². The average Bonchev–Trinajstić information content (AvgIpc) is 2.73. The Balaban J connectivity index is 1.96. The average molecular weight is 271 g/mol. The maximum absolute atomic E-state index is 6.10. The van der Waals surface area contributed by atoms with Crippen LogP contribution >= 0.6 is 11.6 Å². The lowest BCUT2D eigenvalue weighted by molar-refractivity contribution is 0.168. The SMILES string of the molecule is CCC(C)N1CC(N)C(Oc2ccc(Cl)nn2)C1. The molecule has 1 aromatic rings. The number of aromatic nitrogens is 2. The van der Waals surface area contributed by atoms with E-state index in [9.17, 15) is 0 Å².